The number of nitrogens with one attached hydrogen (secondary N) is 1. The van der Waals surface area contributed by atoms with E-state index >= 15 is 0 Å². The van der Waals surface area contributed by atoms with E-state index in [0.29, 0.717) is 6.42 Å². The largest absolute Gasteiger partial charge is 0.325 e. The molecule has 0 spiro atoms. The standard InChI is InChI=1S/C10H12INO/c1-2-5-10(13)12-9-7-4-3-6-8(9)11/h3-4,6-7H,2,5H2,1H3,(H,12,13). The molecule has 1 amide bonds. The minimum absolute atomic E-state index is 0.0895. The van der Waals surface area contributed by atoms with Gasteiger partial charge in [0.2, 0.25) is 5.91 Å². The zero-order valence-electron chi connectivity index (χ0n) is 7.51. The fourth-order valence-electron chi connectivity index (χ4n) is 1.00. The lowest BCUT2D eigenvalue weighted by atomic mass is 10.3. The molecular weight excluding hydrogens is 277 g/mol. The van der Waals surface area contributed by atoms with Crippen LogP contribution in [0.3, 0.4) is 0 Å². The number of rotatable bonds is 3. The summed E-state index contributed by atoms with van der Waals surface area (Å²) in [7, 11) is 0. The van der Waals surface area contributed by atoms with Crippen molar-refractivity contribution in [3.05, 3.63) is 27.8 Å². The van der Waals surface area contributed by atoms with Crippen molar-refractivity contribution < 1.29 is 4.79 Å². The lowest BCUT2D eigenvalue weighted by Gasteiger charge is -2.05. The molecular formula is C10H12INO. The van der Waals surface area contributed by atoms with Crippen LogP contribution in [0.2, 0.25) is 0 Å². The lowest BCUT2D eigenvalue weighted by molar-refractivity contribution is -0.116. The van der Waals surface area contributed by atoms with Gasteiger partial charge in [0.1, 0.15) is 0 Å². The van der Waals surface area contributed by atoms with Gasteiger partial charge >= 0.3 is 0 Å². The minimum atomic E-state index is 0.0895. The molecule has 1 N–H and O–H groups in total. The Morgan fingerprint density at radius 3 is 2.77 bits per heavy atom. The van der Waals surface area contributed by atoms with Gasteiger partial charge in [-0.2, -0.15) is 0 Å². The second-order valence-electron chi connectivity index (χ2n) is 2.78. The molecule has 1 rings (SSSR count). The van der Waals surface area contributed by atoms with Crippen molar-refractivity contribution >= 4 is 34.2 Å². The van der Waals surface area contributed by atoms with E-state index in [4.69, 9.17) is 0 Å². The zero-order chi connectivity index (χ0) is 9.68. The van der Waals surface area contributed by atoms with Crippen molar-refractivity contribution in [2.45, 2.75) is 19.8 Å². The quantitative estimate of drug-likeness (QED) is 0.851. The van der Waals surface area contributed by atoms with Crippen LogP contribution in [-0.2, 0) is 4.79 Å². The Morgan fingerprint density at radius 2 is 2.15 bits per heavy atom. The monoisotopic (exact) mass is 289 g/mol. The molecule has 0 aliphatic carbocycles. The summed E-state index contributed by atoms with van der Waals surface area (Å²) in [5, 5.41) is 2.86. The maximum atomic E-state index is 11.3. The van der Waals surface area contributed by atoms with Gasteiger partial charge in [0.05, 0.1) is 5.69 Å². The van der Waals surface area contributed by atoms with E-state index in [1.807, 2.05) is 31.2 Å². The van der Waals surface area contributed by atoms with E-state index in [0.717, 1.165) is 15.7 Å². The number of halogens is 1. The number of amides is 1. The summed E-state index contributed by atoms with van der Waals surface area (Å²) in [6.45, 7) is 2.00. The third-order valence-electron chi connectivity index (χ3n) is 1.63. The molecule has 0 bridgehead atoms. The number of anilines is 1. The molecule has 1 aromatic rings. The number of hydrogen-bond acceptors (Lipinski definition) is 1. The fraction of sp³-hybridized carbons (Fsp3) is 0.300. The van der Waals surface area contributed by atoms with Crippen LogP contribution in [0.4, 0.5) is 5.69 Å². The second-order valence-corrected chi connectivity index (χ2v) is 3.94. The van der Waals surface area contributed by atoms with Gasteiger partial charge in [-0.25, -0.2) is 0 Å². The number of para-hydroxylation sites is 1. The number of hydrogen-bond donors (Lipinski definition) is 1. The molecule has 0 heterocycles. The Hall–Kier alpha value is -0.580. The molecule has 0 fully saturated rings. The molecule has 0 saturated carbocycles. The third kappa shape index (κ3) is 3.34. The molecule has 0 atom stereocenters. The first-order chi connectivity index (χ1) is 6.24. The lowest BCUT2D eigenvalue weighted by Crippen LogP contribution is -2.11. The highest BCUT2D eigenvalue weighted by atomic mass is 127. The highest BCUT2D eigenvalue weighted by Crippen LogP contribution is 2.16. The molecule has 0 aromatic heterocycles. The maximum Gasteiger partial charge on any atom is 0.224 e. The highest BCUT2D eigenvalue weighted by molar-refractivity contribution is 14.1. The Kier molecular flexibility index (Phi) is 4.21. The number of carbonyl (C=O) groups is 1. The molecule has 0 aliphatic heterocycles. The van der Waals surface area contributed by atoms with E-state index < -0.39 is 0 Å². The van der Waals surface area contributed by atoms with Gasteiger partial charge in [-0.1, -0.05) is 19.1 Å². The molecule has 0 radical (unpaired) electrons. The predicted molar refractivity (Wildman–Crippen MR) is 62.7 cm³/mol. The van der Waals surface area contributed by atoms with Crippen molar-refractivity contribution in [2.75, 3.05) is 5.32 Å². The predicted octanol–water partition coefficient (Wildman–Crippen LogP) is 3.03. The van der Waals surface area contributed by atoms with Crippen molar-refractivity contribution in [3.8, 4) is 0 Å². The van der Waals surface area contributed by atoms with Crippen LogP contribution < -0.4 is 5.32 Å². The maximum absolute atomic E-state index is 11.3. The van der Waals surface area contributed by atoms with Gasteiger partial charge < -0.3 is 5.32 Å². The summed E-state index contributed by atoms with van der Waals surface area (Å²) in [6.07, 6.45) is 1.47. The van der Waals surface area contributed by atoms with Crippen LogP contribution in [0.1, 0.15) is 19.8 Å². The third-order valence-corrected chi connectivity index (χ3v) is 2.57. The first-order valence-corrected chi connectivity index (χ1v) is 5.36. The topological polar surface area (TPSA) is 29.1 Å². The normalized spacial score (nSPS) is 9.69. The molecule has 0 aliphatic rings. The van der Waals surface area contributed by atoms with Crippen molar-refractivity contribution in [1.29, 1.82) is 0 Å². The fourth-order valence-corrected chi connectivity index (χ4v) is 1.52. The van der Waals surface area contributed by atoms with Crippen molar-refractivity contribution in [1.82, 2.24) is 0 Å². The molecule has 13 heavy (non-hydrogen) atoms. The molecule has 0 saturated heterocycles. The first kappa shape index (κ1) is 10.5. The van der Waals surface area contributed by atoms with E-state index in [1.165, 1.54) is 0 Å². The average Bonchev–Trinajstić information content (AvgIpc) is 2.09. The summed E-state index contributed by atoms with van der Waals surface area (Å²) in [5.74, 6) is 0.0895. The molecule has 0 unspecified atom stereocenters. The van der Waals surface area contributed by atoms with Crippen molar-refractivity contribution in [2.24, 2.45) is 0 Å². The van der Waals surface area contributed by atoms with E-state index in [9.17, 15) is 4.79 Å². The first-order valence-electron chi connectivity index (χ1n) is 4.28. The van der Waals surface area contributed by atoms with Gasteiger partial charge in [-0.05, 0) is 41.1 Å². The molecule has 3 heteroatoms. The Balaban J connectivity index is 2.63. The second kappa shape index (κ2) is 5.21. The van der Waals surface area contributed by atoms with Crippen LogP contribution in [0.15, 0.2) is 24.3 Å². The Bertz CT molecular complexity index is 299. The van der Waals surface area contributed by atoms with E-state index in [-0.39, 0.29) is 5.91 Å². The van der Waals surface area contributed by atoms with Crippen LogP contribution in [0.25, 0.3) is 0 Å². The summed E-state index contributed by atoms with van der Waals surface area (Å²) in [6, 6.07) is 7.76. The van der Waals surface area contributed by atoms with Gasteiger partial charge in [-0.15, -0.1) is 0 Å². The van der Waals surface area contributed by atoms with E-state index in [1.54, 1.807) is 0 Å². The van der Waals surface area contributed by atoms with Crippen LogP contribution in [0.5, 0.6) is 0 Å². The molecule has 2 nitrogen and oxygen atoms in total. The highest BCUT2D eigenvalue weighted by Gasteiger charge is 2.02. The SMILES string of the molecule is CCCC(=O)Nc1ccccc1I. The van der Waals surface area contributed by atoms with Gasteiger partial charge in [0.15, 0.2) is 0 Å². The Labute approximate surface area is 91.9 Å². The number of benzene rings is 1. The zero-order valence-corrected chi connectivity index (χ0v) is 9.67. The average molecular weight is 289 g/mol. The minimum Gasteiger partial charge on any atom is -0.325 e. The summed E-state index contributed by atoms with van der Waals surface area (Å²) in [5.41, 5.74) is 0.904. The molecule has 70 valence electrons. The summed E-state index contributed by atoms with van der Waals surface area (Å²) < 4.78 is 1.07. The van der Waals surface area contributed by atoms with Crippen LogP contribution in [-0.4, -0.2) is 5.91 Å². The summed E-state index contributed by atoms with van der Waals surface area (Å²) in [4.78, 5) is 11.3. The summed E-state index contributed by atoms with van der Waals surface area (Å²) >= 11 is 2.21. The van der Waals surface area contributed by atoms with Gasteiger partial charge in [0.25, 0.3) is 0 Å². The molecule has 1 aromatic carbocycles. The smallest absolute Gasteiger partial charge is 0.224 e. The van der Waals surface area contributed by atoms with E-state index in [2.05, 4.69) is 27.9 Å². The van der Waals surface area contributed by atoms with Gasteiger partial charge in [-0.3, -0.25) is 4.79 Å². The van der Waals surface area contributed by atoms with Crippen molar-refractivity contribution in [3.63, 3.8) is 0 Å². The van der Waals surface area contributed by atoms with Crippen LogP contribution >= 0.6 is 22.6 Å². The van der Waals surface area contributed by atoms with Gasteiger partial charge in [0, 0.05) is 9.99 Å². The Morgan fingerprint density at radius 1 is 1.46 bits per heavy atom. The van der Waals surface area contributed by atoms with Crippen LogP contribution in [0, 0.1) is 3.57 Å². The number of carbonyl (C=O) groups excluding carboxylic acids is 1.